The summed E-state index contributed by atoms with van der Waals surface area (Å²) in [5, 5.41) is 0. The number of hydrogen-bond acceptors (Lipinski definition) is 2. The number of rotatable bonds is 4. The lowest BCUT2D eigenvalue weighted by molar-refractivity contribution is -0.157. The van der Waals surface area contributed by atoms with E-state index in [9.17, 15) is 13.6 Å². The van der Waals surface area contributed by atoms with Gasteiger partial charge in [0.25, 0.3) is 0 Å². The predicted molar refractivity (Wildman–Crippen MR) is 88.4 cm³/mol. The first-order valence-electron chi connectivity index (χ1n) is 9.02. The molecule has 2 fully saturated rings. The normalized spacial score (nSPS) is 32.7. The maximum absolute atomic E-state index is 13.4. The van der Waals surface area contributed by atoms with Gasteiger partial charge in [0.2, 0.25) is 0 Å². The summed E-state index contributed by atoms with van der Waals surface area (Å²) in [6, 6.07) is 3.89. The van der Waals surface area contributed by atoms with Crippen LogP contribution in [0.3, 0.4) is 0 Å². The Hall–Kier alpha value is -1.45. The number of hydrogen-bond donors (Lipinski definition) is 0. The summed E-state index contributed by atoms with van der Waals surface area (Å²) in [6.45, 7) is 6.57. The molecule has 2 nitrogen and oxygen atoms in total. The van der Waals surface area contributed by atoms with Crippen molar-refractivity contribution < 1.29 is 18.3 Å². The molecule has 1 aromatic carbocycles. The highest BCUT2D eigenvalue weighted by molar-refractivity contribution is 5.77. The molecule has 5 atom stereocenters. The first-order chi connectivity index (χ1) is 11.4. The second-order valence-electron chi connectivity index (χ2n) is 7.92. The van der Waals surface area contributed by atoms with E-state index >= 15 is 0 Å². The number of esters is 1. The first-order valence-corrected chi connectivity index (χ1v) is 9.02. The van der Waals surface area contributed by atoms with Gasteiger partial charge in [-0.05, 0) is 60.6 Å². The maximum Gasteiger partial charge on any atom is 0.309 e. The molecular weight excluding hydrogens is 310 g/mol. The van der Waals surface area contributed by atoms with E-state index in [2.05, 4.69) is 20.8 Å². The van der Waals surface area contributed by atoms with Crippen molar-refractivity contribution >= 4 is 5.97 Å². The summed E-state index contributed by atoms with van der Waals surface area (Å²) in [7, 11) is 0. The molecule has 2 aliphatic carbocycles. The molecule has 0 aromatic heterocycles. The van der Waals surface area contributed by atoms with Crippen molar-refractivity contribution in [2.75, 3.05) is 0 Å². The Bertz CT molecular complexity index is 614. The first kappa shape index (κ1) is 17.4. The van der Waals surface area contributed by atoms with Crippen LogP contribution in [0.1, 0.15) is 57.9 Å². The standard InChI is InChI=1S/C20H26F2O2/c1-11(2)14-6-4-12(3)8-19(14)24-20(23)16-10-15(16)13-5-7-17(21)18(22)9-13/h5,7,9,11-12,14-16,19H,4,6,8,10H2,1-3H3/t12?,14?,15-,16+,19?/m1/s1. The van der Waals surface area contributed by atoms with Gasteiger partial charge in [-0.2, -0.15) is 0 Å². The molecule has 0 aliphatic heterocycles. The van der Waals surface area contributed by atoms with Crippen molar-refractivity contribution in [2.24, 2.45) is 23.7 Å². The van der Waals surface area contributed by atoms with Gasteiger partial charge in [-0.1, -0.05) is 33.3 Å². The highest BCUT2D eigenvalue weighted by Gasteiger charge is 2.47. The van der Waals surface area contributed by atoms with Crippen LogP contribution >= 0.6 is 0 Å². The van der Waals surface area contributed by atoms with E-state index < -0.39 is 11.6 Å². The number of benzene rings is 1. The van der Waals surface area contributed by atoms with Crippen LogP contribution in [-0.4, -0.2) is 12.1 Å². The number of carbonyl (C=O) groups is 1. The van der Waals surface area contributed by atoms with Crippen LogP contribution in [0.5, 0.6) is 0 Å². The van der Waals surface area contributed by atoms with Gasteiger partial charge in [-0.15, -0.1) is 0 Å². The third kappa shape index (κ3) is 3.62. The van der Waals surface area contributed by atoms with Crippen molar-refractivity contribution in [1.29, 1.82) is 0 Å². The van der Waals surface area contributed by atoms with Crippen molar-refractivity contribution in [3.8, 4) is 0 Å². The zero-order valence-electron chi connectivity index (χ0n) is 14.6. The zero-order valence-corrected chi connectivity index (χ0v) is 14.6. The fourth-order valence-electron chi connectivity index (χ4n) is 4.05. The van der Waals surface area contributed by atoms with E-state index in [1.54, 1.807) is 6.07 Å². The highest BCUT2D eigenvalue weighted by atomic mass is 19.2. The second-order valence-corrected chi connectivity index (χ2v) is 7.92. The Morgan fingerprint density at radius 2 is 1.92 bits per heavy atom. The number of halogens is 2. The molecule has 2 saturated carbocycles. The van der Waals surface area contributed by atoms with Crippen molar-refractivity contribution in [1.82, 2.24) is 0 Å². The lowest BCUT2D eigenvalue weighted by Crippen LogP contribution is -2.36. The van der Waals surface area contributed by atoms with Gasteiger partial charge >= 0.3 is 5.97 Å². The van der Waals surface area contributed by atoms with Crippen LogP contribution in [0.4, 0.5) is 8.78 Å². The molecule has 1 aromatic rings. The van der Waals surface area contributed by atoms with Crippen LogP contribution in [0.25, 0.3) is 0 Å². The second kappa shape index (κ2) is 6.81. The van der Waals surface area contributed by atoms with E-state index in [0.717, 1.165) is 18.9 Å². The molecule has 24 heavy (non-hydrogen) atoms. The minimum atomic E-state index is -0.854. The van der Waals surface area contributed by atoms with Gasteiger partial charge in [0.15, 0.2) is 11.6 Å². The Balaban J connectivity index is 1.62. The quantitative estimate of drug-likeness (QED) is 0.717. The summed E-state index contributed by atoms with van der Waals surface area (Å²) in [5.41, 5.74) is 0.688. The molecule has 132 valence electrons. The minimum absolute atomic E-state index is 0.00699. The lowest BCUT2D eigenvalue weighted by Gasteiger charge is -2.36. The van der Waals surface area contributed by atoms with E-state index in [1.165, 1.54) is 12.5 Å². The lowest BCUT2D eigenvalue weighted by atomic mass is 9.75. The zero-order chi connectivity index (χ0) is 17.4. The highest BCUT2D eigenvalue weighted by Crippen LogP contribution is 2.49. The van der Waals surface area contributed by atoms with Crippen LogP contribution < -0.4 is 0 Å². The average Bonchev–Trinajstić information content (AvgIpc) is 3.30. The molecular formula is C20H26F2O2. The predicted octanol–water partition coefficient (Wildman–Crippen LogP) is 5.07. The maximum atomic E-state index is 13.4. The molecule has 4 heteroatoms. The molecule has 3 unspecified atom stereocenters. The van der Waals surface area contributed by atoms with Gasteiger partial charge < -0.3 is 4.74 Å². The van der Waals surface area contributed by atoms with Crippen LogP contribution in [-0.2, 0) is 9.53 Å². The smallest absolute Gasteiger partial charge is 0.309 e. The molecule has 0 radical (unpaired) electrons. The van der Waals surface area contributed by atoms with E-state index in [4.69, 9.17) is 4.74 Å². The third-order valence-electron chi connectivity index (χ3n) is 5.69. The summed E-state index contributed by atoms with van der Waals surface area (Å²) in [6.07, 6.45) is 3.88. The fraction of sp³-hybridized carbons (Fsp3) is 0.650. The summed E-state index contributed by atoms with van der Waals surface area (Å²) in [4.78, 5) is 12.5. The number of carbonyl (C=O) groups excluding carboxylic acids is 1. The molecule has 0 saturated heterocycles. The van der Waals surface area contributed by atoms with Crippen LogP contribution in [0.15, 0.2) is 18.2 Å². The third-order valence-corrected chi connectivity index (χ3v) is 5.69. The summed E-state index contributed by atoms with van der Waals surface area (Å²) in [5.74, 6) is -0.622. The molecule has 0 N–H and O–H groups in total. The fourth-order valence-corrected chi connectivity index (χ4v) is 4.05. The summed E-state index contributed by atoms with van der Waals surface area (Å²) < 4.78 is 32.3. The van der Waals surface area contributed by atoms with Crippen molar-refractivity contribution in [3.05, 3.63) is 35.4 Å². The van der Waals surface area contributed by atoms with E-state index in [0.29, 0.717) is 29.7 Å². The number of ether oxygens (including phenoxy) is 1. The molecule has 2 aliphatic rings. The molecule has 3 rings (SSSR count). The van der Waals surface area contributed by atoms with Gasteiger partial charge in [0.1, 0.15) is 6.10 Å². The summed E-state index contributed by atoms with van der Waals surface area (Å²) >= 11 is 0. The topological polar surface area (TPSA) is 26.3 Å². The molecule has 0 amide bonds. The van der Waals surface area contributed by atoms with E-state index in [1.807, 2.05) is 0 Å². The van der Waals surface area contributed by atoms with Gasteiger partial charge in [-0.3, -0.25) is 4.79 Å². The molecule has 0 spiro atoms. The van der Waals surface area contributed by atoms with Crippen LogP contribution in [0.2, 0.25) is 0 Å². The SMILES string of the molecule is CC1CCC(C(C)C)C(OC(=O)[C@H]2C[C@@H]2c2ccc(F)c(F)c2)C1. The Morgan fingerprint density at radius 3 is 2.58 bits per heavy atom. The van der Waals surface area contributed by atoms with Gasteiger partial charge in [0, 0.05) is 0 Å². The van der Waals surface area contributed by atoms with Gasteiger partial charge in [-0.25, -0.2) is 8.78 Å². The Morgan fingerprint density at radius 1 is 1.17 bits per heavy atom. The van der Waals surface area contributed by atoms with Crippen molar-refractivity contribution in [3.63, 3.8) is 0 Å². The average molecular weight is 336 g/mol. The molecule has 0 heterocycles. The molecule has 0 bridgehead atoms. The Labute approximate surface area is 142 Å². The van der Waals surface area contributed by atoms with Gasteiger partial charge in [0.05, 0.1) is 5.92 Å². The van der Waals surface area contributed by atoms with E-state index in [-0.39, 0.29) is 23.9 Å². The Kier molecular flexibility index (Phi) is 4.93. The largest absolute Gasteiger partial charge is 0.462 e. The monoisotopic (exact) mass is 336 g/mol. The van der Waals surface area contributed by atoms with Crippen LogP contribution in [0, 0.1) is 35.3 Å². The van der Waals surface area contributed by atoms with Crippen molar-refractivity contribution in [2.45, 2.75) is 58.5 Å². The minimum Gasteiger partial charge on any atom is -0.462 e.